The SMILES string of the molecule is Cc1ccccc1-n1nnnc1C(c1ccccc1)N(C)Cc1c(Cl)cccc1Cl.Cl. The zero-order chi connectivity index (χ0) is 21.1. The minimum Gasteiger partial charge on any atom is -0.288 e. The number of rotatable bonds is 6. The van der Waals surface area contributed by atoms with Crippen molar-refractivity contribution in [1.82, 2.24) is 25.1 Å². The van der Waals surface area contributed by atoms with E-state index in [0.29, 0.717) is 16.6 Å². The molecule has 0 saturated heterocycles. The number of aromatic nitrogens is 4. The molecule has 1 unspecified atom stereocenters. The molecular formula is C23H22Cl3N5. The summed E-state index contributed by atoms with van der Waals surface area (Å²) in [4.78, 5) is 2.16. The third-order valence-corrected chi connectivity index (χ3v) is 5.82. The Hall–Kier alpha value is -2.44. The van der Waals surface area contributed by atoms with E-state index in [9.17, 15) is 0 Å². The summed E-state index contributed by atoms with van der Waals surface area (Å²) in [5.41, 5.74) is 3.99. The number of tetrazole rings is 1. The maximum atomic E-state index is 6.44. The standard InChI is InChI=1S/C23H21Cl2N5.ClH/c1-16-9-6-7-14-21(16)30-23(26-27-28-30)22(17-10-4-3-5-11-17)29(2)15-18-19(24)12-8-13-20(18)25;/h3-14,22H,15H2,1-2H3;1H. The van der Waals surface area contributed by atoms with Crippen LogP contribution in [0.5, 0.6) is 0 Å². The predicted octanol–water partition coefficient (Wildman–Crippen LogP) is 5.92. The minimum atomic E-state index is -0.201. The first-order valence-electron chi connectivity index (χ1n) is 9.58. The molecule has 0 saturated carbocycles. The fourth-order valence-corrected chi connectivity index (χ4v) is 4.11. The van der Waals surface area contributed by atoms with Crippen molar-refractivity contribution in [2.45, 2.75) is 19.5 Å². The van der Waals surface area contributed by atoms with Gasteiger partial charge in [-0.3, -0.25) is 4.90 Å². The molecule has 4 aromatic rings. The van der Waals surface area contributed by atoms with Crippen LogP contribution < -0.4 is 0 Å². The monoisotopic (exact) mass is 473 g/mol. The van der Waals surface area contributed by atoms with Gasteiger partial charge >= 0.3 is 0 Å². The van der Waals surface area contributed by atoms with Crippen LogP contribution in [0.4, 0.5) is 0 Å². The first kappa shape index (κ1) is 23.2. The number of para-hydroxylation sites is 1. The maximum absolute atomic E-state index is 6.44. The first-order chi connectivity index (χ1) is 14.6. The van der Waals surface area contributed by atoms with Crippen LogP contribution in [-0.2, 0) is 6.54 Å². The molecule has 0 aliphatic carbocycles. The van der Waals surface area contributed by atoms with E-state index in [0.717, 1.165) is 28.2 Å². The largest absolute Gasteiger partial charge is 0.288 e. The quantitative estimate of drug-likeness (QED) is 0.348. The summed E-state index contributed by atoms with van der Waals surface area (Å²) in [6.45, 7) is 2.59. The molecule has 0 radical (unpaired) electrons. The highest BCUT2D eigenvalue weighted by molar-refractivity contribution is 6.35. The van der Waals surface area contributed by atoms with Gasteiger partial charge in [-0.15, -0.1) is 17.5 Å². The Morgan fingerprint density at radius 2 is 1.55 bits per heavy atom. The highest BCUT2D eigenvalue weighted by Crippen LogP contribution is 2.32. The van der Waals surface area contributed by atoms with Gasteiger partial charge in [0, 0.05) is 22.2 Å². The lowest BCUT2D eigenvalue weighted by Crippen LogP contribution is -2.28. The molecule has 1 aromatic heterocycles. The second-order valence-electron chi connectivity index (χ2n) is 7.16. The number of hydrogen-bond donors (Lipinski definition) is 0. The van der Waals surface area contributed by atoms with E-state index in [1.807, 2.05) is 74.6 Å². The van der Waals surface area contributed by atoms with Crippen molar-refractivity contribution in [3.05, 3.63) is 105 Å². The third-order valence-electron chi connectivity index (χ3n) is 5.11. The molecule has 31 heavy (non-hydrogen) atoms. The van der Waals surface area contributed by atoms with Crippen molar-refractivity contribution in [2.24, 2.45) is 0 Å². The van der Waals surface area contributed by atoms with Gasteiger partial charge in [-0.2, -0.15) is 4.68 Å². The van der Waals surface area contributed by atoms with Crippen LogP contribution >= 0.6 is 35.6 Å². The molecule has 0 spiro atoms. The van der Waals surface area contributed by atoms with Gasteiger partial charge in [0.25, 0.3) is 0 Å². The van der Waals surface area contributed by atoms with Crippen LogP contribution in [0.1, 0.15) is 28.6 Å². The van der Waals surface area contributed by atoms with Gasteiger partial charge in [-0.1, -0.05) is 77.8 Å². The lowest BCUT2D eigenvalue weighted by atomic mass is 10.0. The summed E-state index contributed by atoms with van der Waals surface area (Å²) >= 11 is 12.9. The molecule has 0 fully saturated rings. The smallest absolute Gasteiger partial charge is 0.178 e. The van der Waals surface area contributed by atoms with Crippen molar-refractivity contribution < 1.29 is 0 Å². The summed E-state index contributed by atoms with van der Waals surface area (Å²) in [7, 11) is 2.02. The zero-order valence-corrected chi connectivity index (χ0v) is 19.4. The fraction of sp³-hybridized carbons (Fsp3) is 0.174. The van der Waals surface area contributed by atoms with Gasteiger partial charge < -0.3 is 0 Å². The Kier molecular flexibility index (Phi) is 7.68. The molecule has 0 N–H and O–H groups in total. The summed E-state index contributed by atoms with van der Waals surface area (Å²) in [5.74, 6) is 0.723. The fourth-order valence-electron chi connectivity index (χ4n) is 3.60. The normalized spacial score (nSPS) is 11.9. The number of halogens is 3. The first-order valence-corrected chi connectivity index (χ1v) is 10.3. The predicted molar refractivity (Wildman–Crippen MR) is 127 cm³/mol. The van der Waals surface area contributed by atoms with Crippen molar-refractivity contribution >= 4 is 35.6 Å². The Morgan fingerprint density at radius 3 is 2.23 bits per heavy atom. The molecule has 1 atom stereocenters. The number of hydrogen-bond acceptors (Lipinski definition) is 4. The van der Waals surface area contributed by atoms with Crippen LogP contribution in [0, 0.1) is 6.92 Å². The van der Waals surface area contributed by atoms with Crippen LogP contribution in [0.25, 0.3) is 5.69 Å². The van der Waals surface area contributed by atoms with Gasteiger partial charge in [-0.25, -0.2) is 0 Å². The van der Waals surface area contributed by atoms with E-state index in [-0.39, 0.29) is 18.4 Å². The second kappa shape index (κ2) is 10.2. The molecule has 0 aliphatic rings. The van der Waals surface area contributed by atoms with Crippen molar-refractivity contribution in [3.63, 3.8) is 0 Å². The van der Waals surface area contributed by atoms with Gasteiger partial charge in [0.05, 0.1) is 11.7 Å². The van der Waals surface area contributed by atoms with Gasteiger partial charge in [0.2, 0.25) is 0 Å². The molecule has 0 amide bonds. The Morgan fingerprint density at radius 1 is 0.903 bits per heavy atom. The maximum Gasteiger partial charge on any atom is 0.178 e. The van der Waals surface area contributed by atoms with Crippen LogP contribution in [0.2, 0.25) is 10.0 Å². The summed E-state index contributed by atoms with van der Waals surface area (Å²) < 4.78 is 1.80. The second-order valence-corrected chi connectivity index (χ2v) is 7.98. The summed E-state index contributed by atoms with van der Waals surface area (Å²) in [5, 5.41) is 14.0. The molecule has 0 aliphatic heterocycles. The Labute approximate surface area is 198 Å². The van der Waals surface area contributed by atoms with Gasteiger partial charge in [0.15, 0.2) is 5.82 Å². The minimum absolute atomic E-state index is 0. The Balaban J connectivity index is 0.00000272. The van der Waals surface area contributed by atoms with Crippen molar-refractivity contribution in [3.8, 4) is 5.69 Å². The van der Waals surface area contributed by atoms with Crippen LogP contribution in [0.15, 0.2) is 72.8 Å². The number of nitrogens with zero attached hydrogens (tertiary/aromatic N) is 5. The topological polar surface area (TPSA) is 46.8 Å². The van der Waals surface area contributed by atoms with Crippen molar-refractivity contribution in [1.29, 1.82) is 0 Å². The van der Waals surface area contributed by atoms with E-state index < -0.39 is 0 Å². The lowest BCUT2D eigenvalue weighted by Gasteiger charge is -2.28. The Bertz CT molecular complexity index is 1130. The van der Waals surface area contributed by atoms with Crippen molar-refractivity contribution in [2.75, 3.05) is 7.05 Å². The average Bonchev–Trinajstić information content (AvgIpc) is 3.21. The molecule has 8 heteroatoms. The van der Waals surface area contributed by atoms with E-state index in [4.69, 9.17) is 23.2 Å². The molecule has 160 valence electrons. The molecular weight excluding hydrogens is 453 g/mol. The van der Waals surface area contributed by atoms with Crippen LogP contribution in [-0.4, -0.2) is 32.2 Å². The molecule has 3 aromatic carbocycles. The van der Waals surface area contributed by atoms with Gasteiger partial charge in [-0.05, 0) is 53.7 Å². The average molecular weight is 475 g/mol. The number of aryl methyl sites for hydroxylation is 1. The van der Waals surface area contributed by atoms with E-state index in [1.54, 1.807) is 4.68 Å². The zero-order valence-electron chi connectivity index (χ0n) is 17.1. The molecule has 5 nitrogen and oxygen atoms in total. The van der Waals surface area contributed by atoms with Gasteiger partial charge in [0.1, 0.15) is 0 Å². The number of benzene rings is 3. The van der Waals surface area contributed by atoms with E-state index >= 15 is 0 Å². The molecule has 0 bridgehead atoms. The highest BCUT2D eigenvalue weighted by Gasteiger charge is 2.27. The summed E-state index contributed by atoms with van der Waals surface area (Å²) in [6.07, 6.45) is 0. The summed E-state index contributed by atoms with van der Waals surface area (Å²) in [6, 6.07) is 23.6. The van der Waals surface area contributed by atoms with Crippen LogP contribution in [0.3, 0.4) is 0 Å². The molecule has 1 heterocycles. The third kappa shape index (κ3) is 4.91. The molecule has 4 rings (SSSR count). The van der Waals surface area contributed by atoms with E-state index in [1.165, 1.54) is 0 Å². The van der Waals surface area contributed by atoms with E-state index in [2.05, 4.69) is 32.6 Å². The lowest BCUT2D eigenvalue weighted by molar-refractivity contribution is 0.258. The highest BCUT2D eigenvalue weighted by atomic mass is 35.5.